The summed E-state index contributed by atoms with van der Waals surface area (Å²) in [4.78, 5) is 0. The van der Waals surface area contributed by atoms with Gasteiger partial charge in [-0.3, -0.25) is 0 Å². The summed E-state index contributed by atoms with van der Waals surface area (Å²) >= 11 is -1.99. The normalized spacial score (nSPS) is 16.3. The number of halogens is 2. The number of rotatable bonds is 3. The standard InChI is InChI=1S/2C10H15.C7H8Si.2ClH.Zr/c2*1-8-5-6-9(7-8)10(2,3)4;1-8-7-5-3-2-4-6-7;;;/h2*7H,6H2,1-4H3;2-6H,1H3;2*1H;/q;;;;;+2/p-2. The quantitative estimate of drug-likeness (QED) is 0.498. The Hall–Kier alpha value is -0.140. The maximum Gasteiger partial charge on any atom is -1.00 e. The van der Waals surface area contributed by atoms with Gasteiger partial charge in [0.15, 0.2) is 0 Å². The summed E-state index contributed by atoms with van der Waals surface area (Å²) in [5.74, 6) is 0. The second-order valence-corrected chi connectivity index (χ2v) is 26.0. The van der Waals surface area contributed by atoms with Gasteiger partial charge in [-0.05, 0) is 0 Å². The molecule has 0 fully saturated rings. The third-order valence-corrected chi connectivity index (χ3v) is 25.5. The molecule has 1 aromatic rings. The molecule has 0 aromatic heterocycles. The van der Waals surface area contributed by atoms with E-state index in [0.29, 0.717) is 0 Å². The fraction of sp³-hybridized carbons (Fsp3) is 0.481. The van der Waals surface area contributed by atoms with Gasteiger partial charge >= 0.3 is 188 Å². The predicted molar refractivity (Wildman–Crippen MR) is 127 cm³/mol. The third-order valence-electron chi connectivity index (χ3n) is 6.58. The molecule has 31 heavy (non-hydrogen) atoms. The van der Waals surface area contributed by atoms with Crippen molar-refractivity contribution in [3.05, 3.63) is 71.3 Å². The monoisotopic (exact) mass is 550 g/mol. The van der Waals surface area contributed by atoms with Gasteiger partial charge < -0.3 is 24.8 Å². The van der Waals surface area contributed by atoms with E-state index < -0.39 is 25.8 Å². The van der Waals surface area contributed by atoms with Crippen LogP contribution in [-0.2, 0) is 20.4 Å². The smallest absolute Gasteiger partial charge is 1.00 e. The van der Waals surface area contributed by atoms with Crippen molar-refractivity contribution < 1.29 is 45.2 Å². The summed E-state index contributed by atoms with van der Waals surface area (Å²) in [5.41, 5.74) is 6.49. The van der Waals surface area contributed by atoms with Gasteiger partial charge in [0.1, 0.15) is 0 Å². The minimum absolute atomic E-state index is 0. The molecule has 0 heterocycles. The van der Waals surface area contributed by atoms with Gasteiger partial charge in [0, 0.05) is 0 Å². The van der Waals surface area contributed by atoms with E-state index in [1.54, 1.807) is 27.5 Å². The second kappa shape index (κ2) is 10.9. The van der Waals surface area contributed by atoms with E-state index >= 15 is 0 Å². The summed E-state index contributed by atoms with van der Waals surface area (Å²) in [5, 5.41) is 1.64. The zero-order valence-corrected chi connectivity index (χ0v) is 25.7. The summed E-state index contributed by atoms with van der Waals surface area (Å²) in [7, 11) is 0. The van der Waals surface area contributed by atoms with Gasteiger partial charge in [-0.25, -0.2) is 0 Å². The van der Waals surface area contributed by atoms with Crippen LogP contribution in [0.5, 0.6) is 0 Å². The van der Waals surface area contributed by atoms with Gasteiger partial charge in [0.2, 0.25) is 0 Å². The molecule has 0 aliphatic heterocycles. The summed E-state index contributed by atoms with van der Waals surface area (Å²) < 4.78 is 3.77. The Morgan fingerprint density at radius 2 is 1.10 bits per heavy atom. The van der Waals surface area contributed by atoms with Crippen molar-refractivity contribution in [1.29, 1.82) is 0 Å². The first-order chi connectivity index (χ1) is 13.4. The maximum atomic E-state index is 2.62. The van der Waals surface area contributed by atoms with Crippen LogP contribution in [0.2, 0.25) is 6.55 Å². The molecule has 1 aromatic carbocycles. The van der Waals surface area contributed by atoms with Gasteiger partial charge in [-0.2, -0.15) is 0 Å². The van der Waals surface area contributed by atoms with E-state index in [0.717, 1.165) is 0 Å². The molecule has 0 saturated carbocycles. The Bertz CT molecular complexity index is 922. The Kier molecular flexibility index (Phi) is 10.1. The minimum Gasteiger partial charge on any atom is -1.00 e. The van der Waals surface area contributed by atoms with Crippen molar-refractivity contribution in [2.75, 3.05) is 0 Å². The van der Waals surface area contributed by atoms with Crippen LogP contribution in [0.15, 0.2) is 71.3 Å². The molecule has 0 nitrogen and oxygen atoms in total. The third kappa shape index (κ3) is 6.47. The molecular weight excluding hydrogens is 515 g/mol. The Balaban J connectivity index is 0.00000240. The molecule has 2 aliphatic rings. The van der Waals surface area contributed by atoms with E-state index in [4.69, 9.17) is 0 Å². The average molecular weight is 553 g/mol. The topological polar surface area (TPSA) is 0 Å². The molecule has 0 N–H and O–H groups in total. The Morgan fingerprint density at radius 1 is 0.710 bits per heavy atom. The van der Waals surface area contributed by atoms with Crippen LogP contribution in [0.3, 0.4) is 0 Å². The first kappa shape index (κ1) is 28.9. The second-order valence-electron chi connectivity index (χ2n) is 10.9. The molecule has 0 saturated heterocycles. The van der Waals surface area contributed by atoms with Crippen molar-refractivity contribution in [3.8, 4) is 0 Å². The van der Waals surface area contributed by atoms with Crippen LogP contribution in [0.1, 0.15) is 68.2 Å². The van der Waals surface area contributed by atoms with E-state index in [2.05, 4.69) is 104 Å². The number of hydrogen-bond donors (Lipinski definition) is 0. The van der Waals surface area contributed by atoms with Gasteiger partial charge in [0.25, 0.3) is 0 Å². The molecule has 4 heteroatoms. The van der Waals surface area contributed by atoms with Crippen molar-refractivity contribution in [1.82, 2.24) is 0 Å². The molecule has 0 bridgehead atoms. The Labute approximate surface area is 211 Å². The van der Waals surface area contributed by atoms with Crippen molar-refractivity contribution in [2.45, 2.75) is 74.8 Å². The van der Waals surface area contributed by atoms with E-state index in [1.165, 1.54) is 12.8 Å². The fourth-order valence-corrected chi connectivity index (χ4v) is 24.8. The molecule has 0 atom stereocenters. The van der Waals surface area contributed by atoms with E-state index in [9.17, 15) is 0 Å². The fourth-order valence-electron chi connectivity index (χ4n) is 4.46. The zero-order valence-electron chi connectivity index (χ0n) is 20.7. The number of benzene rings is 1. The molecule has 0 amide bonds. The van der Waals surface area contributed by atoms with Crippen LogP contribution in [-0.4, -0.2) is 5.43 Å². The molecule has 0 spiro atoms. The predicted octanol–water partition coefficient (Wildman–Crippen LogP) is 1.44. The molecule has 168 valence electrons. The van der Waals surface area contributed by atoms with Crippen LogP contribution in [0.25, 0.3) is 0 Å². The van der Waals surface area contributed by atoms with Crippen LogP contribution < -0.4 is 30.0 Å². The molecule has 3 rings (SSSR count). The SMILES string of the molecule is CC1=[C]([Zr+2]([C]2=C(C)C=C(C(C)(C)C)C2)=[Si](C)c2ccccc2)CC(C(C)(C)C)=C1.[Cl-].[Cl-]. The van der Waals surface area contributed by atoms with Crippen molar-refractivity contribution in [3.63, 3.8) is 0 Å². The van der Waals surface area contributed by atoms with Crippen molar-refractivity contribution >= 4 is 10.6 Å². The summed E-state index contributed by atoms with van der Waals surface area (Å²) in [6.07, 6.45) is 7.55. The molecule has 0 unspecified atom stereocenters. The van der Waals surface area contributed by atoms with Gasteiger partial charge in [0.05, 0.1) is 0 Å². The van der Waals surface area contributed by atoms with Gasteiger partial charge in [-0.15, -0.1) is 0 Å². The summed E-state index contributed by atoms with van der Waals surface area (Å²) in [6, 6.07) is 11.5. The number of allylic oxidation sites excluding steroid dienone is 8. The van der Waals surface area contributed by atoms with E-state index in [-0.39, 0.29) is 35.6 Å². The zero-order chi connectivity index (χ0) is 21.6. The number of hydrogen-bond acceptors (Lipinski definition) is 0. The first-order valence-corrected chi connectivity index (χ1v) is 19.1. The van der Waals surface area contributed by atoms with Crippen molar-refractivity contribution in [2.24, 2.45) is 10.8 Å². The first-order valence-electron chi connectivity index (χ1n) is 11.0. The molecule has 2 aliphatic carbocycles. The average Bonchev–Trinajstić information content (AvgIpc) is 3.20. The molecular formula is C27H38Cl2SiZr. The largest absolute Gasteiger partial charge is 1.00 e. The van der Waals surface area contributed by atoms with E-state index in [1.807, 2.05) is 6.56 Å². The minimum atomic E-state index is -1.99. The molecule has 0 radical (unpaired) electrons. The van der Waals surface area contributed by atoms with Crippen LogP contribution in [0, 0.1) is 10.8 Å². The van der Waals surface area contributed by atoms with Crippen LogP contribution in [0.4, 0.5) is 0 Å². The maximum absolute atomic E-state index is 2.62. The van der Waals surface area contributed by atoms with Crippen LogP contribution >= 0.6 is 0 Å². The van der Waals surface area contributed by atoms with Gasteiger partial charge in [-0.1, -0.05) is 0 Å². The Morgan fingerprint density at radius 3 is 1.42 bits per heavy atom. The summed E-state index contributed by atoms with van der Waals surface area (Å²) in [6.45, 7) is 21.7.